The van der Waals surface area contributed by atoms with Gasteiger partial charge in [-0.1, -0.05) is 13.8 Å². The van der Waals surface area contributed by atoms with Gasteiger partial charge in [0.1, 0.15) is 5.01 Å². The first kappa shape index (κ1) is 14.9. The zero-order valence-corrected chi connectivity index (χ0v) is 13.5. The van der Waals surface area contributed by atoms with E-state index < -0.39 is 15.4 Å². The first-order valence-electron chi connectivity index (χ1n) is 6.84. The van der Waals surface area contributed by atoms with Crippen LogP contribution < -0.4 is 5.32 Å². The first-order chi connectivity index (χ1) is 8.92. The Hall–Kier alpha value is -0.460. The summed E-state index contributed by atoms with van der Waals surface area (Å²) in [6.45, 7) is 6.93. The van der Waals surface area contributed by atoms with Crippen LogP contribution in [0.5, 0.6) is 0 Å². The predicted octanol–water partition coefficient (Wildman–Crippen LogP) is 2.03. The van der Waals surface area contributed by atoms with Crippen LogP contribution in [0.3, 0.4) is 0 Å². The van der Waals surface area contributed by atoms with Gasteiger partial charge in [-0.05, 0) is 32.7 Å². The van der Waals surface area contributed by atoms with Gasteiger partial charge in [0.25, 0.3) is 0 Å². The van der Waals surface area contributed by atoms with Gasteiger partial charge in [0.05, 0.1) is 22.7 Å². The molecule has 0 saturated carbocycles. The summed E-state index contributed by atoms with van der Waals surface area (Å²) in [5.74, 6) is 0.495. The molecule has 1 unspecified atom stereocenters. The van der Waals surface area contributed by atoms with Crippen LogP contribution in [0.2, 0.25) is 0 Å². The lowest BCUT2D eigenvalue weighted by molar-refractivity contribution is 0.333. The van der Waals surface area contributed by atoms with Crippen molar-refractivity contribution in [1.82, 2.24) is 10.3 Å². The number of nitrogens with one attached hydrogen (secondary N) is 1. The van der Waals surface area contributed by atoms with E-state index >= 15 is 0 Å². The smallest absolute Gasteiger partial charge is 0.152 e. The minimum atomic E-state index is -2.97. The fraction of sp³-hybridized carbons (Fsp3) is 0.769. The zero-order chi connectivity index (χ0) is 14.1. The number of aryl methyl sites for hydroxylation is 2. The fourth-order valence-corrected chi connectivity index (χ4v) is 5.95. The average Bonchev–Trinajstić information content (AvgIpc) is 2.70. The number of sulfone groups is 1. The normalized spacial score (nSPS) is 26.5. The second-order valence-corrected chi connectivity index (χ2v) is 8.57. The Morgan fingerprint density at radius 1 is 1.42 bits per heavy atom. The van der Waals surface area contributed by atoms with Gasteiger partial charge in [-0.3, -0.25) is 0 Å². The third-order valence-corrected chi connectivity index (χ3v) is 6.74. The maximum absolute atomic E-state index is 12.0. The van der Waals surface area contributed by atoms with Crippen LogP contribution >= 0.6 is 11.3 Å². The van der Waals surface area contributed by atoms with Gasteiger partial charge >= 0.3 is 0 Å². The first-order valence-corrected chi connectivity index (χ1v) is 9.48. The standard InChI is InChI=1S/C13H22N2O2S2/c1-4-11-10(3)18-12(15-11)13(14-5-2)7-6-8-19(16,17)9-13/h14H,4-9H2,1-3H3. The van der Waals surface area contributed by atoms with Gasteiger partial charge in [-0.2, -0.15) is 0 Å². The predicted molar refractivity (Wildman–Crippen MR) is 79.5 cm³/mol. The lowest BCUT2D eigenvalue weighted by Crippen LogP contribution is -2.50. The Labute approximate surface area is 119 Å². The molecule has 1 saturated heterocycles. The van der Waals surface area contributed by atoms with Crippen LogP contribution in [0.25, 0.3) is 0 Å². The van der Waals surface area contributed by atoms with Gasteiger partial charge in [0.2, 0.25) is 0 Å². The molecule has 1 atom stereocenters. The molecule has 2 rings (SSSR count). The van der Waals surface area contributed by atoms with Gasteiger partial charge in [-0.15, -0.1) is 11.3 Å². The Morgan fingerprint density at radius 3 is 2.68 bits per heavy atom. The summed E-state index contributed by atoms with van der Waals surface area (Å²) in [5.41, 5.74) is 0.634. The molecule has 1 aromatic rings. The summed E-state index contributed by atoms with van der Waals surface area (Å²) in [6, 6.07) is 0. The van der Waals surface area contributed by atoms with Gasteiger partial charge in [0, 0.05) is 4.88 Å². The lowest BCUT2D eigenvalue weighted by atomic mass is 9.96. The van der Waals surface area contributed by atoms with E-state index in [0.717, 1.165) is 36.5 Å². The highest BCUT2D eigenvalue weighted by atomic mass is 32.2. The molecule has 1 aliphatic rings. The number of nitrogens with zero attached hydrogens (tertiary/aromatic N) is 1. The van der Waals surface area contributed by atoms with Crippen molar-refractivity contribution in [3.8, 4) is 0 Å². The van der Waals surface area contributed by atoms with E-state index in [1.54, 1.807) is 11.3 Å². The summed E-state index contributed by atoms with van der Waals surface area (Å²) in [4.78, 5) is 5.91. The Bertz CT molecular complexity index is 547. The molecule has 0 aliphatic carbocycles. The molecular formula is C13H22N2O2S2. The highest BCUT2D eigenvalue weighted by molar-refractivity contribution is 7.91. The Morgan fingerprint density at radius 2 is 2.16 bits per heavy atom. The second-order valence-electron chi connectivity index (χ2n) is 5.18. The van der Waals surface area contributed by atoms with Crippen molar-refractivity contribution in [2.75, 3.05) is 18.1 Å². The average molecular weight is 302 g/mol. The third kappa shape index (κ3) is 3.01. The molecule has 1 aliphatic heterocycles. The summed E-state index contributed by atoms with van der Waals surface area (Å²) < 4.78 is 24.0. The monoisotopic (exact) mass is 302 g/mol. The molecule has 2 heterocycles. The van der Waals surface area contributed by atoms with Crippen molar-refractivity contribution in [3.05, 3.63) is 15.6 Å². The quantitative estimate of drug-likeness (QED) is 0.924. The minimum Gasteiger partial charge on any atom is -0.305 e. The SMILES string of the molecule is CCNC1(c2nc(CC)c(C)s2)CCCS(=O)(=O)C1. The van der Waals surface area contributed by atoms with Crippen LogP contribution in [0.4, 0.5) is 0 Å². The lowest BCUT2D eigenvalue weighted by Gasteiger charge is -2.35. The number of thiazole rings is 1. The summed E-state index contributed by atoms with van der Waals surface area (Å²) >= 11 is 1.65. The topological polar surface area (TPSA) is 59.1 Å². The van der Waals surface area contributed by atoms with Crippen molar-refractivity contribution >= 4 is 21.2 Å². The van der Waals surface area contributed by atoms with Crippen molar-refractivity contribution < 1.29 is 8.42 Å². The Kier molecular flexibility index (Phi) is 4.32. The van der Waals surface area contributed by atoms with Crippen molar-refractivity contribution in [3.63, 3.8) is 0 Å². The number of aromatic nitrogens is 1. The third-order valence-electron chi connectivity index (χ3n) is 3.68. The number of hydrogen-bond acceptors (Lipinski definition) is 5. The second kappa shape index (κ2) is 5.50. The summed E-state index contributed by atoms with van der Waals surface area (Å²) in [5, 5.41) is 4.35. The van der Waals surface area contributed by atoms with Crippen LogP contribution in [-0.4, -0.2) is 31.5 Å². The highest BCUT2D eigenvalue weighted by Crippen LogP contribution is 2.36. The van der Waals surface area contributed by atoms with E-state index in [1.165, 1.54) is 4.88 Å². The van der Waals surface area contributed by atoms with Crippen LogP contribution in [-0.2, 0) is 21.8 Å². The molecule has 0 bridgehead atoms. The molecule has 1 fully saturated rings. The van der Waals surface area contributed by atoms with Crippen molar-refractivity contribution in [2.24, 2.45) is 0 Å². The maximum atomic E-state index is 12.0. The van der Waals surface area contributed by atoms with Gasteiger partial charge in [0.15, 0.2) is 9.84 Å². The van der Waals surface area contributed by atoms with E-state index in [4.69, 9.17) is 4.98 Å². The minimum absolute atomic E-state index is 0.184. The molecule has 19 heavy (non-hydrogen) atoms. The largest absolute Gasteiger partial charge is 0.305 e. The molecule has 0 aromatic carbocycles. The van der Waals surface area contributed by atoms with Gasteiger partial charge < -0.3 is 5.32 Å². The summed E-state index contributed by atoms with van der Waals surface area (Å²) in [7, 11) is -2.97. The molecular weight excluding hydrogens is 280 g/mol. The molecule has 0 radical (unpaired) electrons. The van der Waals surface area contributed by atoms with E-state index in [0.29, 0.717) is 5.75 Å². The van der Waals surface area contributed by atoms with Crippen LogP contribution in [0.1, 0.15) is 42.3 Å². The highest BCUT2D eigenvalue weighted by Gasteiger charge is 2.42. The number of hydrogen-bond donors (Lipinski definition) is 1. The molecule has 4 nitrogen and oxygen atoms in total. The molecule has 1 N–H and O–H groups in total. The van der Waals surface area contributed by atoms with E-state index in [9.17, 15) is 8.42 Å². The van der Waals surface area contributed by atoms with Crippen molar-refractivity contribution in [2.45, 2.75) is 45.6 Å². The maximum Gasteiger partial charge on any atom is 0.152 e. The number of rotatable bonds is 4. The summed E-state index contributed by atoms with van der Waals surface area (Å²) in [6.07, 6.45) is 2.48. The van der Waals surface area contributed by atoms with E-state index in [1.807, 2.05) is 6.92 Å². The van der Waals surface area contributed by atoms with Crippen LogP contribution in [0, 0.1) is 6.92 Å². The van der Waals surface area contributed by atoms with Crippen molar-refractivity contribution in [1.29, 1.82) is 0 Å². The molecule has 0 spiro atoms. The van der Waals surface area contributed by atoms with E-state index in [2.05, 4.69) is 19.2 Å². The molecule has 0 amide bonds. The molecule has 1 aromatic heterocycles. The van der Waals surface area contributed by atoms with Crippen LogP contribution in [0.15, 0.2) is 0 Å². The molecule has 108 valence electrons. The zero-order valence-electron chi connectivity index (χ0n) is 11.8. The Balaban J connectivity index is 2.43. The fourth-order valence-electron chi connectivity index (χ4n) is 2.80. The molecule has 6 heteroatoms. The van der Waals surface area contributed by atoms with Gasteiger partial charge in [-0.25, -0.2) is 13.4 Å². The van der Waals surface area contributed by atoms with E-state index in [-0.39, 0.29) is 5.75 Å².